The zero-order valence-electron chi connectivity index (χ0n) is 11.6. The van der Waals surface area contributed by atoms with E-state index in [9.17, 15) is 4.79 Å². The quantitative estimate of drug-likeness (QED) is 0.871. The summed E-state index contributed by atoms with van der Waals surface area (Å²) in [6, 6.07) is 8.48. The molecule has 2 rings (SSSR count). The summed E-state index contributed by atoms with van der Waals surface area (Å²) in [6.07, 6.45) is 1.82. The summed E-state index contributed by atoms with van der Waals surface area (Å²) in [4.78, 5) is 11.9. The van der Waals surface area contributed by atoms with Crippen molar-refractivity contribution in [2.24, 2.45) is 11.7 Å². The first-order chi connectivity index (χ1) is 8.59. The Kier molecular flexibility index (Phi) is 5.83. The number of nitrogens with two attached hydrogens (primary N) is 1. The highest BCUT2D eigenvalue weighted by molar-refractivity contribution is 5.85. The average molecular weight is 283 g/mol. The number of benzene rings is 1. The molecular weight excluding hydrogens is 260 g/mol. The molecule has 0 bridgehead atoms. The number of hydrogen-bond acceptors (Lipinski definition) is 2. The Morgan fingerprint density at radius 1 is 1.47 bits per heavy atom. The summed E-state index contributed by atoms with van der Waals surface area (Å²) in [7, 11) is 0. The topological polar surface area (TPSA) is 55.1 Å². The van der Waals surface area contributed by atoms with Crippen molar-refractivity contribution in [1.82, 2.24) is 5.32 Å². The summed E-state index contributed by atoms with van der Waals surface area (Å²) >= 11 is 0. The van der Waals surface area contributed by atoms with E-state index in [1.165, 1.54) is 11.1 Å². The van der Waals surface area contributed by atoms with Crippen LogP contribution in [0, 0.1) is 12.8 Å². The van der Waals surface area contributed by atoms with Gasteiger partial charge in [-0.25, -0.2) is 0 Å². The van der Waals surface area contributed by atoms with Gasteiger partial charge in [0.15, 0.2) is 0 Å². The fourth-order valence-corrected chi connectivity index (χ4v) is 2.39. The van der Waals surface area contributed by atoms with Crippen molar-refractivity contribution in [3.05, 3.63) is 35.4 Å². The number of amides is 1. The third-order valence-corrected chi connectivity index (χ3v) is 3.61. The molecule has 19 heavy (non-hydrogen) atoms. The van der Waals surface area contributed by atoms with Crippen LogP contribution in [-0.2, 0) is 4.79 Å². The SMILES string of the molecule is Cc1ccccc1C1CC1C(=O)NCCC(C)N.Cl. The highest BCUT2D eigenvalue weighted by atomic mass is 35.5. The van der Waals surface area contributed by atoms with E-state index in [1.54, 1.807) is 0 Å². The van der Waals surface area contributed by atoms with Gasteiger partial charge >= 0.3 is 0 Å². The Bertz CT molecular complexity index is 434. The summed E-state index contributed by atoms with van der Waals surface area (Å²) in [5, 5.41) is 2.98. The molecule has 4 heteroatoms. The summed E-state index contributed by atoms with van der Waals surface area (Å²) < 4.78 is 0. The zero-order valence-corrected chi connectivity index (χ0v) is 12.4. The molecule has 106 valence electrons. The molecule has 3 unspecified atom stereocenters. The summed E-state index contributed by atoms with van der Waals surface area (Å²) in [5.74, 6) is 0.768. The molecule has 0 radical (unpaired) electrons. The van der Waals surface area contributed by atoms with Crippen LogP contribution in [0.3, 0.4) is 0 Å². The lowest BCUT2D eigenvalue weighted by Gasteiger charge is -2.08. The second-order valence-corrected chi connectivity index (χ2v) is 5.36. The van der Waals surface area contributed by atoms with E-state index >= 15 is 0 Å². The normalized spacial score (nSPS) is 22.3. The first kappa shape index (κ1) is 16.0. The molecule has 0 saturated heterocycles. The molecule has 1 amide bonds. The van der Waals surface area contributed by atoms with Crippen LogP contribution in [0.2, 0.25) is 0 Å². The second kappa shape index (κ2) is 6.92. The molecule has 0 heterocycles. The molecule has 0 aromatic heterocycles. The average Bonchev–Trinajstić information content (AvgIpc) is 3.09. The summed E-state index contributed by atoms with van der Waals surface area (Å²) in [6.45, 7) is 4.76. The number of hydrogen-bond donors (Lipinski definition) is 2. The molecule has 1 aromatic carbocycles. The van der Waals surface area contributed by atoms with Crippen LogP contribution in [0.25, 0.3) is 0 Å². The van der Waals surface area contributed by atoms with E-state index in [1.807, 2.05) is 19.1 Å². The lowest BCUT2D eigenvalue weighted by atomic mass is 10.0. The minimum Gasteiger partial charge on any atom is -0.356 e. The van der Waals surface area contributed by atoms with Gasteiger partial charge in [-0.15, -0.1) is 12.4 Å². The Hall–Kier alpha value is -1.06. The van der Waals surface area contributed by atoms with Gasteiger partial charge in [0.25, 0.3) is 0 Å². The first-order valence-corrected chi connectivity index (χ1v) is 6.68. The lowest BCUT2D eigenvalue weighted by Crippen LogP contribution is -2.30. The van der Waals surface area contributed by atoms with Gasteiger partial charge in [0.2, 0.25) is 5.91 Å². The second-order valence-electron chi connectivity index (χ2n) is 5.36. The van der Waals surface area contributed by atoms with Gasteiger partial charge in [0.1, 0.15) is 0 Å². The van der Waals surface area contributed by atoms with Gasteiger partial charge in [-0.05, 0) is 43.7 Å². The van der Waals surface area contributed by atoms with Gasteiger partial charge < -0.3 is 11.1 Å². The van der Waals surface area contributed by atoms with Gasteiger partial charge in [-0.3, -0.25) is 4.79 Å². The number of aryl methyl sites for hydroxylation is 1. The van der Waals surface area contributed by atoms with E-state index in [0.29, 0.717) is 12.5 Å². The Morgan fingerprint density at radius 3 is 2.79 bits per heavy atom. The molecule has 0 spiro atoms. The maximum Gasteiger partial charge on any atom is 0.223 e. The van der Waals surface area contributed by atoms with Crippen LogP contribution < -0.4 is 11.1 Å². The third kappa shape index (κ3) is 4.22. The Labute approximate surface area is 121 Å². The smallest absolute Gasteiger partial charge is 0.223 e. The van der Waals surface area contributed by atoms with Gasteiger partial charge in [0.05, 0.1) is 0 Å². The minimum atomic E-state index is 0. The number of carbonyl (C=O) groups is 1. The fraction of sp³-hybridized carbons (Fsp3) is 0.533. The predicted octanol–water partition coefficient (Wildman–Crippen LogP) is 2.37. The maximum absolute atomic E-state index is 11.9. The highest BCUT2D eigenvalue weighted by Crippen LogP contribution is 2.48. The van der Waals surface area contributed by atoms with Gasteiger partial charge in [-0.1, -0.05) is 24.3 Å². The van der Waals surface area contributed by atoms with Crippen LogP contribution in [0.1, 0.15) is 36.8 Å². The van der Waals surface area contributed by atoms with E-state index in [4.69, 9.17) is 5.73 Å². The first-order valence-electron chi connectivity index (χ1n) is 6.68. The number of rotatable bonds is 5. The molecule has 1 aliphatic carbocycles. The summed E-state index contributed by atoms with van der Waals surface area (Å²) in [5.41, 5.74) is 8.27. The number of nitrogens with one attached hydrogen (secondary N) is 1. The predicted molar refractivity (Wildman–Crippen MR) is 80.6 cm³/mol. The minimum absolute atomic E-state index is 0. The van der Waals surface area contributed by atoms with E-state index in [-0.39, 0.29) is 30.3 Å². The van der Waals surface area contributed by atoms with Crippen molar-refractivity contribution < 1.29 is 4.79 Å². The molecule has 3 nitrogen and oxygen atoms in total. The van der Waals surface area contributed by atoms with Crippen molar-refractivity contribution >= 4 is 18.3 Å². The van der Waals surface area contributed by atoms with Crippen molar-refractivity contribution in [3.63, 3.8) is 0 Å². The molecule has 1 saturated carbocycles. The molecule has 1 aromatic rings. The van der Waals surface area contributed by atoms with Crippen molar-refractivity contribution in [2.45, 2.75) is 38.6 Å². The number of halogens is 1. The molecule has 0 aliphatic heterocycles. The third-order valence-electron chi connectivity index (χ3n) is 3.61. The van der Waals surface area contributed by atoms with Crippen LogP contribution in [-0.4, -0.2) is 18.5 Å². The Balaban J connectivity index is 0.00000180. The van der Waals surface area contributed by atoms with Crippen molar-refractivity contribution in [2.75, 3.05) is 6.54 Å². The largest absolute Gasteiger partial charge is 0.356 e. The maximum atomic E-state index is 11.9. The van der Waals surface area contributed by atoms with Crippen LogP contribution >= 0.6 is 12.4 Å². The lowest BCUT2D eigenvalue weighted by molar-refractivity contribution is -0.122. The fourth-order valence-electron chi connectivity index (χ4n) is 2.39. The monoisotopic (exact) mass is 282 g/mol. The van der Waals surface area contributed by atoms with E-state index < -0.39 is 0 Å². The number of carbonyl (C=O) groups excluding carboxylic acids is 1. The van der Waals surface area contributed by atoms with Crippen LogP contribution in [0.5, 0.6) is 0 Å². The molecule has 3 atom stereocenters. The molecule has 1 aliphatic rings. The van der Waals surface area contributed by atoms with Crippen LogP contribution in [0.15, 0.2) is 24.3 Å². The Morgan fingerprint density at radius 2 is 2.16 bits per heavy atom. The molecule has 1 fully saturated rings. The standard InChI is InChI=1S/C15H22N2O.ClH/c1-10-5-3-4-6-12(10)13-9-14(13)15(18)17-8-7-11(2)16;/h3-6,11,13-14H,7-9,16H2,1-2H3,(H,17,18);1H. The van der Waals surface area contributed by atoms with Crippen LogP contribution in [0.4, 0.5) is 0 Å². The van der Waals surface area contributed by atoms with Gasteiger partial charge in [-0.2, -0.15) is 0 Å². The zero-order chi connectivity index (χ0) is 13.1. The van der Waals surface area contributed by atoms with Gasteiger partial charge in [0, 0.05) is 18.5 Å². The highest BCUT2D eigenvalue weighted by Gasteiger charge is 2.44. The molecular formula is C15H23ClN2O. The van der Waals surface area contributed by atoms with Crippen molar-refractivity contribution in [3.8, 4) is 0 Å². The molecule has 3 N–H and O–H groups in total. The van der Waals surface area contributed by atoms with Crippen molar-refractivity contribution in [1.29, 1.82) is 0 Å². The van der Waals surface area contributed by atoms with E-state index in [2.05, 4.69) is 24.4 Å². The van der Waals surface area contributed by atoms with E-state index in [0.717, 1.165) is 12.8 Å².